The van der Waals surface area contributed by atoms with Gasteiger partial charge in [-0.1, -0.05) is 11.6 Å². The Morgan fingerprint density at radius 2 is 2.00 bits per heavy atom. The molecule has 0 aliphatic carbocycles. The summed E-state index contributed by atoms with van der Waals surface area (Å²) in [6.45, 7) is 0. The molecule has 0 fully saturated rings. The predicted octanol–water partition coefficient (Wildman–Crippen LogP) is 4.04. The van der Waals surface area contributed by atoms with Crippen LogP contribution in [0.25, 0.3) is 6.08 Å². The van der Waals surface area contributed by atoms with Gasteiger partial charge in [0.15, 0.2) is 0 Å². The SMILES string of the molecule is COc1ccc(/C=C(\C#N)C(=O)Nc2ccc(F)c(Cl)c2)c(OC)c1. The van der Waals surface area contributed by atoms with E-state index in [-0.39, 0.29) is 16.3 Å². The zero-order valence-corrected chi connectivity index (χ0v) is 14.2. The molecule has 0 aliphatic rings. The van der Waals surface area contributed by atoms with Crippen molar-refractivity contribution < 1.29 is 18.7 Å². The molecular formula is C18H14ClFN2O3. The minimum atomic E-state index is -0.650. The highest BCUT2D eigenvalue weighted by atomic mass is 35.5. The fraction of sp³-hybridized carbons (Fsp3) is 0.111. The summed E-state index contributed by atoms with van der Waals surface area (Å²) in [6, 6.07) is 10.6. The molecule has 0 saturated carbocycles. The molecule has 0 spiro atoms. The van der Waals surface area contributed by atoms with Crippen molar-refractivity contribution in [1.29, 1.82) is 5.26 Å². The topological polar surface area (TPSA) is 71.3 Å². The van der Waals surface area contributed by atoms with Gasteiger partial charge in [0.05, 0.1) is 19.2 Å². The number of rotatable bonds is 5. The Labute approximate surface area is 149 Å². The van der Waals surface area contributed by atoms with Crippen LogP contribution < -0.4 is 14.8 Å². The lowest BCUT2D eigenvalue weighted by Gasteiger charge is -2.08. The van der Waals surface area contributed by atoms with E-state index in [1.807, 2.05) is 6.07 Å². The highest BCUT2D eigenvalue weighted by Crippen LogP contribution is 2.27. The first-order valence-electron chi connectivity index (χ1n) is 7.08. The monoisotopic (exact) mass is 360 g/mol. The number of nitriles is 1. The number of anilines is 1. The van der Waals surface area contributed by atoms with Gasteiger partial charge in [0, 0.05) is 17.3 Å². The second-order valence-corrected chi connectivity index (χ2v) is 5.27. The Bertz CT molecular complexity index is 875. The number of hydrogen-bond donors (Lipinski definition) is 1. The van der Waals surface area contributed by atoms with Crippen molar-refractivity contribution in [2.24, 2.45) is 0 Å². The Hall–Kier alpha value is -3.04. The lowest BCUT2D eigenvalue weighted by Crippen LogP contribution is -2.13. The third-order valence-electron chi connectivity index (χ3n) is 3.28. The van der Waals surface area contributed by atoms with Crippen LogP contribution in [0.1, 0.15) is 5.56 Å². The molecule has 2 aromatic rings. The molecule has 1 N–H and O–H groups in total. The summed E-state index contributed by atoms with van der Waals surface area (Å²) < 4.78 is 23.5. The summed E-state index contributed by atoms with van der Waals surface area (Å²) in [5.41, 5.74) is 0.662. The zero-order valence-electron chi connectivity index (χ0n) is 13.5. The van der Waals surface area contributed by atoms with E-state index in [2.05, 4.69) is 5.32 Å². The summed E-state index contributed by atoms with van der Waals surface area (Å²) in [6.07, 6.45) is 1.39. The molecule has 5 nitrogen and oxygen atoms in total. The summed E-state index contributed by atoms with van der Waals surface area (Å²) in [5.74, 6) is -0.218. The molecule has 2 rings (SSSR count). The summed E-state index contributed by atoms with van der Waals surface area (Å²) in [5, 5.41) is 11.6. The first-order chi connectivity index (χ1) is 12.0. The molecule has 7 heteroatoms. The first-order valence-corrected chi connectivity index (χ1v) is 7.46. The van der Waals surface area contributed by atoms with E-state index in [0.717, 1.165) is 6.07 Å². The first kappa shape index (κ1) is 18.3. The summed E-state index contributed by atoms with van der Waals surface area (Å²) >= 11 is 5.67. The standard InChI is InChI=1S/C18H14ClFN2O3/c1-24-14-5-3-11(17(9-14)25-2)7-12(10-21)18(23)22-13-4-6-16(20)15(19)8-13/h3-9H,1-2H3,(H,22,23)/b12-7+. The lowest BCUT2D eigenvalue weighted by atomic mass is 10.1. The minimum Gasteiger partial charge on any atom is -0.497 e. The molecule has 0 heterocycles. The normalized spacial score (nSPS) is 10.8. The maximum absolute atomic E-state index is 13.2. The molecule has 0 aliphatic heterocycles. The Morgan fingerprint density at radius 3 is 2.60 bits per heavy atom. The van der Waals surface area contributed by atoms with Crippen LogP contribution in [-0.2, 0) is 4.79 Å². The van der Waals surface area contributed by atoms with Crippen molar-refractivity contribution >= 4 is 29.3 Å². The second kappa shape index (κ2) is 8.18. The number of carbonyl (C=O) groups is 1. The third-order valence-corrected chi connectivity index (χ3v) is 3.57. The summed E-state index contributed by atoms with van der Waals surface area (Å²) in [7, 11) is 2.99. The molecule has 0 atom stereocenters. The van der Waals surface area contributed by atoms with Crippen LogP contribution in [-0.4, -0.2) is 20.1 Å². The quantitative estimate of drug-likeness (QED) is 0.645. The molecule has 0 radical (unpaired) electrons. The third kappa shape index (κ3) is 4.49. The Morgan fingerprint density at radius 1 is 1.24 bits per heavy atom. The van der Waals surface area contributed by atoms with Gasteiger partial charge in [0.2, 0.25) is 0 Å². The smallest absolute Gasteiger partial charge is 0.266 e. The van der Waals surface area contributed by atoms with Gasteiger partial charge in [0.25, 0.3) is 5.91 Å². The van der Waals surface area contributed by atoms with Crippen LogP contribution in [0.5, 0.6) is 11.5 Å². The molecule has 128 valence electrons. The van der Waals surface area contributed by atoms with Crippen molar-refractivity contribution in [1.82, 2.24) is 0 Å². The number of ether oxygens (including phenoxy) is 2. The highest BCUT2D eigenvalue weighted by Gasteiger charge is 2.12. The van der Waals surface area contributed by atoms with E-state index in [1.54, 1.807) is 18.2 Å². The van der Waals surface area contributed by atoms with Crippen LogP contribution in [0.2, 0.25) is 5.02 Å². The number of nitrogens with zero attached hydrogens (tertiary/aromatic N) is 1. The number of methoxy groups -OCH3 is 2. The number of nitrogens with one attached hydrogen (secondary N) is 1. The number of amides is 1. The van der Waals surface area contributed by atoms with Gasteiger partial charge in [-0.3, -0.25) is 4.79 Å². The van der Waals surface area contributed by atoms with Gasteiger partial charge in [0.1, 0.15) is 29.0 Å². The number of carbonyl (C=O) groups excluding carboxylic acids is 1. The average molecular weight is 361 g/mol. The van der Waals surface area contributed by atoms with Crippen LogP contribution in [0.3, 0.4) is 0 Å². The maximum Gasteiger partial charge on any atom is 0.266 e. The van der Waals surface area contributed by atoms with Crippen molar-refractivity contribution in [3.63, 3.8) is 0 Å². The van der Waals surface area contributed by atoms with Gasteiger partial charge in [-0.2, -0.15) is 5.26 Å². The van der Waals surface area contributed by atoms with E-state index < -0.39 is 11.7 Å². The van der Waals surface area contributed by atoms with Crippen molar-refractivity contribution in [3.8, 4) is 17.6 Å². The maximum atomic E-state index is 13.2. The second-order valence-electron chi connectivity index (χ2n) is 4.86. The Kier molecular flexibility index (Phi) is 5.98. The Balaban J connectivity index is 2.29. The predicted molar refractivity (Wildman–Crippen MR) is 93.2 cm³/mol. The summed E-state index contributed by atoms with van der Waals surface area (Å²) in [4.78, 5) is 12.3. The van der Waals surface area contributed by atoms with Crippen LogP contribution >= 0.6 is 11.6 Å². The largest absolute Gasteiger partial charge is 0.497 e. The van der Waals surface area contributed by atoms with Gasteiger partial charge in [-0.15, -0.1) is 0 Å². The fourth-order valence-corrected chi connectivity index (χ4v) is 2.19. The molecule has 25 heavy (non-hydrogen) atoms. The van der Waals surface area contributed by atoms with Crippen molar-refractivity contribution in [2.75, 3.05) is 19.5 Å². The molecular weight excluding hydrogens is 347 g/mol. The lowest BCUT2D eigenvalue weighted by molar-refractivity contribution is -0.112. The molecule has 0 unspecified atom stereocenters. The van der Waals surface area contributed by atoms with Gasteiger partial charge in [-0.05, 0) is 36.4 Å². The highest BCUT2D eigenvalue weighted by molar-refractivity contribution is 6.31. The van der Waals surface area contributed by atoms with Crippen molar-refractivity contribution in [2.45, 2.75) is 0 Å². The van der Waals surface area contributed by atoms with E-state index in [1.165, 1.54) is 32.4 Å². The molecule has 2 aromatic carbocycles. The van der Waals surface area contributed by atoms with Gasteiger partial charge < -0.3 is 14.8 Å². The molecule has 0 bridgehead atoms. The van der Waals surface area contributed by atoms with E-state index >= 15 is 0 Å². The van der Waals surface area contributed by atoms with Gasteiger partial charge >= 0.3 is 0 Å². The number of hydrogen-bond acceptors (Lipinski definition) is 4. The minimum absolute atomic E-state index is 0.128. The molecule has 0 saturated heterocycles. The van der Waals surface area contributed by atoms with E-state index in [4.69, 9.17) is 21.1 Å². The van der Waals surface area contributed by atoms with Crippen LogP contribution in [0.4, 0.5) is 10.1 Å². The van der Waals surface area contributed by atoms with E-state index in [0.29, 0.717) is 17.1 Å². The van der Waals surface area contributed by atoms with Gasteiger partial charge in [-0.25, -0.2) is 4.39 Å². The zero-order chi connectivity index (χ0) is 18.4. The molecule has 0 aromatic heterocycles. The average Bonchev–Trinajstić information content (AvgIpc) is 2.62. The molecule has 1 amide bonds. The number of halogens is 2. The van der Waals surface area contributed by atoms with E-state index in [9.17, 15) is 14.4 Å². The fourth-order valence-electron chi connectivity index (χ4n) is 2.01. The number of benzene rings is 2. The van der Waals surface area contributed by atoms with Crippen LogP contribution in [0.15, 0.2) is 42.0 Å². The van der Waals surface area contributed by atoms with Crippen molar-refractivity contribution in [3.05, 3.63) is 58.4 Å². The van der Waals surface area contributed by atoms with Crippen LogP contribution in [0, 0.1) is 17.1 Å².